The highest BCUT2D eigenvalue weighted by atomic mass is 35.5. The predicted molar refractivity (Wildman–Crippen MR) is 99.0 cm³/mol. The maximum Gasteiger partial charge on any atom is 0.321 e. The van der Waals surface area contributed by atoms with Crippen LogP contribution in [-0.2, 0) is 5.41 Å². The lowest BCUT2D eigenvalue weighted by Crippen LogP contribution is -2.32. The Hall–Kier alpha value is -2.20. The van der Waals surface area contributed by atoms with Gasteiger partial charge in [0.15, 0.2) is 6.73 Å². The Bertz CT molecular complexity index is 724. The molecular formula is C19H23ClN2O2. The van der Waals surface area contributed by atoms with Gasteiger partial charge in [0.2, 0.25) is 0 Å². The molecule has 24 heavy (non-hydrogen) atoms. The molecule has 0 fully saturated rings. The number of ether oxygens (including phenoxy) is 1. The van der Waals surface area contributed by atoms with Gasteiger partial charge in [-0.05, 0) is 36.1 Å². The molecule has 2 amide bonds. The van der Waals surface area contributed by atoms with Crippen LogP contribution in [0, 0.1) is 6.92 Å². The van der Waals surface area contributed by atoms with E-state index in [2.05, 4.69) is 37.5 Å². The molecule has 0 aliphatic heterocycles. The van der Waals surface area contributed by atoms with Crippen LogP contribution in [0.3, 0.4) is 0 Å². The number of aryl methyl sites for hydroxylation is 1. The number of nitrogens with one attached hydrogen (secondary N) is 2. The summed E-state index contributed by atoms with van der Waals surface area (Å²) in [6.07, 6.45) is 0. The molecule has 0 bridgehead atoms. The molecule has 2 aromatic carbocycles. The van der Waals surface area contributed by atoms with Crippen molar-refractivity contribution in [3.05, 3.63) is 58.6 Å². The number of hydrogen-bond acceptors (Lipinski definition) is 2. The smallest absolute Gasteiger partial charge is 0.321 e. The number of halogens is 1. The molecule has 5 heteroatoms. The Labute approximate surface area is 148 Å². The van der Waals surface area contributed by atoms with Gasteiger partial charge in [0.1, 0.15) is 5.75 Å². The molecule has 0 spiro atoms. The molecule has 0 saturated heterocycles. The molecule has 2 rings (SSSR count). The molecule has 0 atom stereocenters. The maximum absolute atomic E-state index is 11.9. The number of rotatable bonds is 4. The summed E-state index contributed by atoms with van der Waals surface area (Å²) in [6, 6.07) is 12.7. The van der Waals surface area contributed by atoms with E-state index in [1.165, 1.54) is 5.56 Å². The summed E-state index contributed by atoms with van der Waals surface area (Å²) < 4.78 is 5.75. The summed E-state index contributed by atoms with van der Waals surface area (Å²) in [5.74, 6) is 0.770. The van der Waals surface area contributed by atoms with E-state index in [0.29, 0.717) is 10.7 Å². The minimum atomic E-state index is -0.368. The lowest BCUT2D eigenvalue weighted by atomic mass is 9.85. The molecule has 4 nitrogen and oxygen atoms in total. The Morgan fingerprint density at radius 1 is 1.17 bits per heavy atom. The minimum Gasteiger partial charge on any atom is -0.473 e. The fraction of sp³-hybridized carbons (Fsp3) is 0.316. The molecule has 2 aromatic rings. The van der Waals surface area contributed by atoms with E-state index in [0.717, 1.165) is 11.3 Å². The second-order valence-electron chi connectivity index (χ2n) is 6.65. The first-order valence-corrected chi connectivity index (χ1v) is 8.18. The summed E-state index contributed by atoms with van der Waals surface area (Å²) in [4.78, 5) is 11.9. The molecule has 0 saturated carbocycles. The zero-order valence-corrected chi connectivity index (χ0v) is 15.2. The normalized spacial score (nSPS) is 11.0. The average molecular weight is 347 g/mol. The summed E-state index contributed by atoms with van der Waals surface area (Å²) in [5.41, 5.74) is 2.80. The van der Waals surface area contributed by atoms with Crippen molar-refractivity contribution in [2.75, 3.05) is 12.0 Å². The van der Waals surface area contributed by atoms with Crippen LogP contribution in [0.15, 0.2) is 42.5 Å². The van der Waals surface area contributed by atoms with Crippen molar-refractivity contribution in [3.8, 4) is 5.75 Å². The highest BCUT2D eigenvalue weighted by molar-refractivity contribution is 6.33. The van der Waals surface area contributed by atoms with E-state index in [1.54, 1.807) is 24.3 Å². The number of para-hydroxylation sites is 1. The van der Waals surface area contributed by atoms with Crippen LogP contribution < -0.4 is 15.4 Å². The number of carbonyl (C=O) groups excluding carboxylic acids is 1. The van der Waals surface area contributed by atoms with Crippen LogP contribution in [0.4, 0.5) is 10.5 Å². The standard InChI is InChI=1S/C19H23ClN2O2/c1-13-9-10-17(14(11-13)19(2,3)4)24-12-21-18(23)22-16-8-6-5-7-15(16)20/h5-11H,12H2,1-4H3,(H2,21,22,23). The lowest BCUT2D eigenvalue weighted by molar-refractivity contribution is 0.233. The molecule has 0 aromatic heterocycles. The maximum atomic E-state index is 11.9. The van der Waals surface area contributed by atoms with E-state index in [9.17, 15) is 4.79 Å². The summed E-state index contributed by atoms with van der Waals surface area (Å²) in [5, 5.41) is 5.85. The largest absolute Gasteiger partial charge is 0.473 e. The molecule has 2 N–H and O–H groups in total. The van der Waals surface area contributed by atoms with E-state index >= 15 is 0 Å². The van der Waals surface area contributed by atoms with E-state index < -0.39 is 0 Å². The third-order valence-corrected chi connectivity index (χ3v) is 3.86. The van der Waals surface area contributed by atoms with Crippen LogP contribution in [0.25, 0.3) is 0 Å². The van der Waals surface area contributed by atoms with Crippen LogP contribution in [-0.4, -0.2) is 12.8 Å². The SMILES string of the molecule is Cc1ccc(OCNC(=O)Nc2ccccc2Cl)c(C(C)(C)C)c1. The Morgan fingerprint density at radius 2 is 1.88 bits per heavy atom. The van der Waals surface area contributed by atoms with Gasteiger partial charge in [0.05, 0.1) is 10.7 Å². The first-order valence-electron chi connectivity index (χ1n) is 7.80. The third-order valence-electron chi connectivity index (χ3n) is 3.53. The zero-order chi connectivity index (χ0) is 17.7. The number of urea groups is 1. The fourth-order valence-electron chi connectivity index (χ4n) is 2.26. The Kier molecular flexibility index (Phi) is 5.73. The Morgan fingerprint density at radius 3 is 2.54 bits per heavy atom. The molecule has 0 radical (unpaired) electrons. The number of benzene rings is 2. The van der Waals surface area contributed by atoms with Gasteiger partial charge in [-0.1, -0.05) is 62.2 Å². The van der Waals surface area contributed by atoms with Crippen LogP contribution in [0.5, 0.6) is 5.75 Å². The molecule has 128 valence electrons. The van der Waals surface area contributed by atoms with Gasteiger partial charge in [-0.3, -0.25) is 0 Å². The van der Waals surface area contributed by atoms with Crippen molar-refractivity contribution >= 4 is 23.3 Å². The number of anilines is 1. The van der Waals surface area contributed by atoms with E-state index in [1.807, 2.05) is 19.1 Å². The second kappa shape index (κ2) is 7.58. The van der Waals surface area contributed by atoms with Gasteiger partial charge in [0, 0.05) is 0 Å². The van der Waals surface area contributed by atoms with Crippen molar-refractivity contribution in [3.63, 3.8) is 0 Å². The van der Waals surface area contributed by atoms with Crippen molar-refractivity contribution in [2.45, 2.75) is 33.1 Å². The summed E-state index contributed by atoms with van der Waals surface area (Å²) in [6.45, 7) is 8.52. The number of hydrogen-bond donors (Lipinski definition) is 2. The second-order valence-corrected chi connectivity index (χ2v) is 7.06. The Balaban J connectivity index is 1.95. The van der Waals surface area contributed by atoms with Gasteiger partial charge in [-0.15, -0.1) is 0 Å². The highest BCUT2D eigenvalue weighted by Crippen LogP contribution is 2.32. The van der Waals surface area contributed by atoms with Gasteiger partial charge < -0.3 is 15.4 Å². The lowest BCUT2D eigenvalue weighted by Gasteiger charge is -2.23. The molecule has 0 aliphatic carbocycles. The molecule has 0 unspecified atom stereocenters. The first-order chi connectivity index (χ1) is 11.3. The summed E-state index contributed by atoms with van der Waals surface area (Å²) >= 11 is 6.01. The highest BCUT2D eigenvalue weighted by Gasteiger charge is 2.19. The predicted octanol–water partition coefficient (Wildman–Crippen LogP) is 5.10. The van der Waals surface area contributed by atoms with Gasteiger partial charge in [-0.2, -0.15) is 0 Å². The van der Waals surface area contributed by atoms with Crippen molar-refractivity contribution in [1.82, 2.24) is 5.32 Å². The monoisotopic (exact) mass is 346 g/mol. The van der Waals surface area contributed by atoms with Gasteiger partial charge in [-0.25, -0.2) is 4.79 Å². The topological polar surface area (TPSA) is 50.4 Å². The van der Waals surface area contributed by atoms with Gasteiger partial charge in [0.25, 0.3) is 0 Å². The molecule has 0 aliphatic rings. The van der Waals surface area contributed by atoms with E-state index in [-0.39, 0.29) is 18.2 Å². The van der Waals surface area contributed by atoms with Crippen LogP contribution in [0.2, 0.25) is 5.02 Å². The molecule has 0 heterocycles. The van der Waals surface area contributed by atoms with Crippen LogP contribution in [0.1, 0.15) is 31.9 Å². The van der Waals surface area contributed by atoms with Crippen LogP contribution >= 0.6 is 11.6 Å². The van der Waals surface area contributed by atoms with Crippen molar-refractivity contribution in [1.29, 1.82) is 0 Å². The van der Waals surface area contributed by atoms with Gasteiger partial charge >= 0.3 is 6.03 Å². The summed E-state index contributed by atoms with van der Waals surface area (Å²) in [7, 11) is 0. The van der Waals surface area contributed by atoms with Crippen molar-refractivity contribution in [2.24, 2.45) is 0 Å². The van der Waals surface area contributed by atoms with Crippen molar-refractivity contribution < 1.29 is 9.53 Å². The minimum absolute atomic E-state index is 0.0405. The quantitative estimate of drug-likeness (QED) is 0.756. The zero-order valence-electron chi connectivity index (χ0n) is 14.4. The average Bonchev–Trinajstić information content (AvgIpc) is 2.50. The number of amides is 2. The first kappa shape index (κ1) is 18.1. The molecular weight excluding hydrogens is 324 g/mol. The number of carbonyl (C=O) groups is 1. The van der Waals surface area contributed by atoms with E-state index in [4.69, 9.17) is 16.3 Å². The fourth-order valence-corrected chi connectivity index (χ4v) is 2.45. The third kappa shape index (κ3) is 4.90.